The van der Waals surface area contributed by atoms with E-state index in [-0.39, 0.29) is 12.4 Å². The van der Waals surface area contributed by atoms with Crippen LogP contribution in [0.4, 0.5) is 5.82 Å². The predicted octanol–water partition coefficient (Wildman–Crippen LogP) is 1.89. The molecular weight excluding hydrogens is 310 g/mol. The molecule has 0 atom stereocenters. The van der Waals surface area contributed by atoms with Gasteiger partial charge >= 0.3 is 5.97 Å². The molecule has 0 unspecified atom stereocenters. The average Bonchev–Trinajstić information content (AvgIpc) is 3.00. The van der Waals surface area contributed by atoms with Gasteiger partial charge in [-0.15, -0.1) is 0 Å². The molecule has 0 fully saturated rings. The van der Waals surface area contributed by atoms with Gasteiger partial charge in [0, 0.05) is 25.5 Å². The molecule has 0 aromatic carbocycles. The fourth-order valence-corrected chi connectivity index (χ4v) is 2.44. The summed E-state index contributed by atoms with van der Waals surface area (Å²) in [5.41, 5.74) is 2.18. The lowest BCUT2D eigenvalue weighted by Gasteiger charge is -2.23. The third-order valence-electron chi connectivity index (χ3n) is 3.66. The fraction of sp³-hybridized carbons (Fsp3) is 0.312. The summed E-state index contributed by atoms with van der Waals surface area (Å²) in [6.07, 6.45) is 5.14. The molecule has 8 heteroatoms. The zero-order valence-electron chi connectivity index (χ0n) is 13.5. The maximum atomic E-state index is 11.6. The molecule has 3 aromatic rings. The second-order valence-corrected chi connectivity index (χ2v) is 5.25. The number of rotatable bonds is 6. The van der Waals surface area contributed by atoms with E-state index >= 15 is 0 Å². The largest absolute Gasteiger partial charge is 0.469 e. The maximum Gasteiger partial charge on any atom is 0.307 e. The van der Waals surface area contributed by atoms with E-state index in [1.165, 1.54) is 13.4 Å². The van der Waals surface area contributed by atoms with Crippen LogP contribution < -0.4 is 4.90 Å². The molecule has 0 aliphatic carbocycles. The third kappa shape index (κ3) is 3.32. The SMILES string of the molecule is COC(=O)CCN(Cc1ccncc1)c1ncnc2onc(C)c12. The zero-order chi connectivity index (χ0) is 16.9. The summed E-state index contributed by atoms with van der Waals surface area (Å²) < 4.78 is 9.95. The fourth-order valence-electron chi connectivity index (χ4n) is 2.44. The Hall–Kier alpha value is -3.03. The van der Waals surface area contributed by atoms with Gasteiger partial charge in [0.2, 0.25) is 0 Å². The number of aryl methyl sites for hydroxylation is 1. The molecule has 0 bridgehead atoms. The lowest BCUT2D eigenvalue weighted by atomic mass is 10.2. The van der Waals surface area contributed by atoms with Gasteiger partial charge < -0.3 is 14.2 Å². The summed E-state index contributed by atoms with van der Waals surface area (Å²) in [4.78, 5) is 26.1. The number of anilines is 1. The first kappa shape index (κ1) is 15.9. The molecule has 3 rings (SSSR count). The first-order valence-corrected chi connectivity index (χ1v) is 7.46. The summed E-state index contributed by atoms with van der Waals surface area (Å²) in [6, 6.07) is 3.84. The number of hydrogen-bond acceptors (Lipinski definition) is 8. The van der Waals surface area contributed by atoms with E-state index in [1.807, 2.05) is 24.0 Å². The Bertz CT molecular complexity index is 834. The Morgan fingerprint density at radius 2 is 2.08 bits per heavy atom. The minimum Gasteiger partial charge on any atom is -0.469 e. The standard InChI is InChI=1S/C16H17N5O3/c1-11-14-15(18-10-19-16(14)24-20-11)21(8-5-13(22)23-2)9-12-3-6-17-7-4-12/h3-4,6-7,10H,5,8-9H2,1-2H3. The van der Waals surface area contributed by atoms with E-state index in [0.717, 1.165) is 10.9 Å². The zero-order valence-corrected chi connectivity index (χ0v) is 13.5. The van der Waals surface area contributed by atoms with Crippen LogP contribution in [0.25, 0.3) is 11.1 Å². The number of esters is 1. The summed E-state index contributed by atoms with van der Waals surface area (Å²) in [5.74, 6) is 0.404. The van der Waals surface area contributed by atoms with Crippen LogP contribution in [0.2, 0.25) is 0 Å². The molecule has 124 valence electrons. The molecule has 0 amide bonds. The summed E-state index contributed by atoms with van der Waals surface area (Å²) >= 11 is 0. The monoisotopic (exact) mass is 327 g/mol. The number of nitrogens with zero attached hydrogens (tertiary/aromatic N) is 5. The first-order chi connectivity index (χ1) is 11.7. The minimum atomic E-state index is -0.276. The molecular formula is C16H17N5O3. The van der Waals surface area contributed by atoms with Gasteiger partial charge in [-0.3, -0.25) is 9.78 Å². The van der Waals surface area contributed by atoms with E-state index in [9.17, 15) is 4.79 Å². The lowest BCUT2D eigenvalue weighted by molar-refractivity contribution is -0.140. The second kappa shape index (κ2) is 7.03. The van der Waals surface area contributed by atoms with Crippen molar-refractivity contribution in [3.05, 3.63) is 42.1 Å². The molecule has 3 heterocycles. The molecule has 0 radical (unpaired) electrons. The van der Waals surface area contributed by atoms with Crippen LogP contribution in [0.3, 0.4) is 0 Å². The number of carbonyl (C=O) groups excluding carboxylic acids is 1. The highest BCUT2D eigenvalue weighted by Crippen LogP contribution is 2.27. The number of hydrogen-bond donors (Lipinski definition) is 0. The molecule has 0 saturated carbocycles. The number of carbonyl (C=O) groups is 1. The number of ether oxygens (including phenoxy) is 1. The van der Waals surface area contributed by atoms with Crippen molar-refractivity contribution >= 4 is 22.9 Å². The van der Waals surface area contributed by atoms with Crippen molar-refractivity contribution in [3.63, 3.8) is 0 Å². The van der Waals surface area contributed by atoms with E-state index in [0.29, 0.717) is 30.3 Å². The van der Waals surface area contributed by atoms with Crippen molar-refractivity contribution in [2.24, 2.45) is 0 Å². The number of pyridine rings is 1. The molecule has 0 aliphatic rings. The van der Waals surface area contributed by atoms with Gasteiger partial charge in [-0.05, 0) is 24.6 Å². The molecule has 8 nitrogen and oxygen atoms in total. The normalized spacial score (nSPS) is 10.8. The van der Waals surface area contributed by atoms with Crippen molar-refractivity contribution in [2.75, 3.05) is 18.6 Å². The van der Waals surface area contributed by atoms with Gasteiger partial charge in [-0.2, -0.15) is 4.98 Å². The van der Waals surface area contributed by atoms with Gasteiger partial charge in [-0.25, -0.2) is 4.98 Å². The predicted molar refractivity (Wildman–Crippen MR) is 86.3 cm³/mol. The molecule has 0 N–H and O–H groups in total. The van der Waals surface area contributed by atoms with Crippen LogP contribution >= 0.6 is 0 Å². The quantitative estimate of drug-likeness (QED) is 0.634. The third-order valence-corrected chi connectivity index (χ3v) is 3.66. The molecule has 0 spiro atoms. The highest BCUT2D eigenvalue weighted by atomic mass is 16.5. The number of methoxy groups -OCH3 is 1. The van der Waals surface area contributed by atoms with Gasteiger partial charge in [0.25, 0.3) is 5.71 Å². The van der Waals surface area contributed by atoms with E-state index in [4.69, 9.17) is 9.26 Å². The van der Waals surface area contributed by atoms with Crippen molar-refractivity contribution < 1.29 is 14.1 Å². The second-order valence-electron chi connectivity index (χ2n) is 5.25. The minimum absolute atomic E-state index is 0.247. The molecule has 24 heavy (non-hydrogen) atoms. The Kier molecular flexibility index (Phi) is 4.64. The summed E-state index contributed by atoms with van der Waals surface area (Å²) in [7, 11) is 1.38. The van der Waals surface area contributed by atoms with Crippen molar-refractivity contribution in [2.45, 2.75) is 19.9 Å². The smallest absolute Gasteiger partial charge is 0.307 e. The topological polar surface area (TPSA) is 94.2 Å². The van der Waals surface area contributed by atoms with Crippen molar-refractivity contribution in [1.82, 2.24) is 20.1 Å². The van der Waals surface area contributed by atoms with Crippen LogP contribution in [0.5, 0.6) is 0 Å². The van der Waals surface area contributed by atoms with E-state index in [2.05, 4.69) is 20.1 Å². The highest BCUT2D eigenvalue weighted by Gasteiger charge is 2.19. The van der Waals surface area contributed by atoms with E-state index in [1.54, 1.807) is 12.4 Å². The molecule has 0 saturated heterocycles. The van der Waals surface area contributed by atoms with Crippen molar-refractivity contribution in [3.8, 4) is 0 Å². The van der Waals surface area contributed by atoms with Crippen LogP contribution in [0, 0.1) is 6.92 Å². The van der Waals surface area contributed by atoms with Gasteiger partial charge in [0.1, 0.15) is 17.5 Å². The Balaban J connectivity index is 1.96. The van der Waals surface area contributed by atoms with Crippen LogP contribution in [-0.4, -0.2) is 39.7 Å². The molecule has 0 aliphatic heterocycles. The Morgan fingerprint density at radius 3 is 2.83 bits per heavy atom. The van der Waals surface area contributed by atoms with Crippen LogP contribution in [-0.2, 0) is 16.1 Å². The van der Waals surface area contributed by atoms with Gasteiger partial charge in [-0.1, -0.05) is 5.16 Å². The van der Waals surface area contributed by atoms with E-state index < -0.39 is 0 Å². The number of aromatic nitrogens is 4. The van der Waals surface area contributed by atoms with Crippen molar-refractivity contribution in [1.29, 1.82) is 0 Å². The Morgan fingerprint density at radius 1 is 1.29 bits per heavy atom. The van der Waals surface area contributed by atoms with Crippen LogP contribution in [0.1, 0.15) is 17.7 Å². The molecule has 3 aromatic heterocycles. The van der Waals surface area contributed by atoms with Crippen LogP contribution in [0.15, 0.2) is 35.4 Å². The first-order valence-electron chi connectivity index (χ1n) is 7.46. The number of fused-ring (bicyclic) bond motifs is 1. The van der Waals surface area contributed by atoms with Gasteiger partial charge in [0.05, 0.1) is 19.2 Å². The maximum absolute atomic E-state index is 11.6. The highest BCUT2D eigenvalue weighted by molar-refractivity contribution is 5.88. The average molecular weight is 327 g/mol. The van der Waals surface area contributed by atoms with Gasteiger partial charge in [0.15, 0.2) is 0 Å². The Labute approximate surface area is 138 Å². The lowest BCUT2D eigenvalue weighted by Crippen LogP contribution is -2.27. The summed E-state index contributed by atoms with van der Waals surface area (Å²) in [5, 5.41) is 4.70. The summed E-state index contributed by atoms with van der Waals surface area (Å²) in [6.45, 7) is 2.85.